The van der Waals surface area contributed by atoms with Gasteiger partial charge in [0.2, 0.25) is 0 Å². The smallest absolute Gasteiger partial charge is 0.394 e. The highest BCUT2D eigenvalue weighted by atomic mass is 16.7. The Balaban J connectivity index is 2.08. The quantitative estimate of drug-likeness (QED) is 0.585. The molecular weight excluding hydrogens is 264 g/mol. The molecule has 0 heterocycles. The number of carbonyl (C=O) groups excluding carboxylic acids is 1. The van der Waals surface area contributed by atoms with E-state index in [0.29, 0.717) is 11.5 Å². The highest BCUT2D eigenvalue weighted by Crippen LogP contribution is 2.22. The Kier molecular flexibility index (Phi) is 5.38. The van der Waals surface area contributed by atoms with Crippen LogP contribution in [0.5, 0.6) is 11.5 Å². The summed E-state index contributed by atoms with van der Waals surface area (Å²) in [5, 5.41) is 0. The fraction of sp³-hybridized carbons (Fsp3) is 0.278. The molecule has 2 aromatic carbocycles. The van der Waals surface area contributed by atoms with Crippen molar-refractivity contribution < 1.29 is 14.3 Å². The van der Waals surface area contributed by atoms with Crippen LogP contribution in [0.25, 0.3) is 0 Å². The molecule has 0 aliphatic rings. The summed E-state index contributed by atoms with van der Waals surface area (Å²) in [7, 11) is 0. The van der Waals surface area contributed by atoms with Crippen LogP contribution < -0.4 is 9.47 Å². The van der Waals surface area contributed by atoms with E-state index in [1.54, 1.807) is 12.1 Å². The molecule has 0 amide bonds. The van der Waals surface area contributed by atoms with E-state index < -0.39 is 6.16 Å². The van der Waals surface area contributed by atoms with Gasteiger partial charge in [0.25, 0.3) is 0 Å². The molecule has 0 N–H and O–H groups in total. The maximum absolute atomic E-state index is 12.0. The minimum absolute atomic E-state index is 0.554. The standard InChI is InChI=1S/C18H20O3/c1-3-9-15-11-6-8-13-17(15)21-18(19)20-16-12-7-5-10-14(16)4-2/h5-8,10-13H,3-4,9H2,1-2H3. The fourth-order valence-corrected chi connectivity index (χ4v) is 2.18. The molecule has 0 spiro atoms. The predicted molar refractivity (Wildman–Crippen MR) is 82.9 cm³/mol. The van der Waals surface area contributed by atoms with Gasteiger partial charge in [-0.05, 0) is 36.1 Å². The summed E-state index contributed by atoms with van der Waals surface area (Å²) in [4.78, 5) is 12.0. The summed E-state index contributed by atoms with van der Waals surface area (Å²) in [6.07, 6.45) is 1.97. The molecule has 0 saturated heterocycles. The van der Waals surface area contributed by atoms with Crippen molar-refractivity contribution in [3.05, 3.63) is 59.7 Å². The lowest BCUT2D eigenvalue weighted by Gasteiger charge is -2.11. The van der Waals surface area contributed by atoms with E-state index in [0.717, 1.165) is 30.4 Å². The van der Waals surface area contributed by atoms with Gasteiger partial charge in [0, 0.05) is 0 Å². The van der Waals surface area contributed by atoms with Gasteiger partial charge in [-0.1, -0.05) is 56.7 Å². The average molecular weight is 284 g/mol. The van der Waals surface area contributed by atoms with Gasteiger partial charge in [0.05, 0.1) is 0 Å². The predicted octanol–water partition coefficient (Wildman–Crippen LogP) is 4.78. The first kappa shape index (κ1) is 15.1. The second-order valence-electron chi connectivity index (χ2n) is 4.77. The largest absolute Gasteiger partial charge is 0.519 e. The Morgan fingerprint density at radius 2 is 1.38 bits per heavy atom. The molecule has 0 radical (unpaired) electrons. The zero-order chi connectivity index (χ0) is 15.1. The van der Waals surface area contributed by atoms with Crippen LogP contribution in [0, 0.1) is 0 Å². The molecule has 2 aromatic rings. The molecular formula is C18H20O3. The van der Waals surface area contributed by atoms with E-state index in [1.165, 1.54) is 0 Å². The Hall–Kier alpha value is -2.29. The molecule has 110 valence electrons. The molecule has 0 atom stereocenters. The van der Waals surface area contributed by atoms with Crippen LogP contribution in [0.2, 0.25) is 0 Å². The second kappa shape index (κ2) is 7.48. The topological polar surface area (TPSA) is 35.5 Å². The first-order chi connectivity index (χ1) is 10.2. The SMILES string of the molecule is CCCc1ccccc1OC(=O)Oc1ccccc1CC. The van der Waals surface area contributed by atoms with E-state index in [9.17, 15) is 4.79 Å². The van der Waals surface area contributed by atoms with Gasteiger partial charge in [-0.3, -0.25) is 0 Å². The van der Waals surface area contributed by atoms with E-state index in [4.69, 9.17) is 9.47 Å². The van der Waals surface area contributed by atoms with Gasteiger partial charge in [-0.2, -0.15) is 0 Å². The van der Waals surface area contributed by atoms with Crippen LogP contribution in [-0.4, -0.2) is 6.16 Å². The van der Waals surface area contributed by atoms with Crippen LogP contribution in [0.4, 0.5) is 4.79 Å². The highest BCUT2D eigenvalue weighted by molar-refractivity contribution is 5.68. The van der Waals surface area contributed by atoms with Gasteiger partial charge in [0.15, 0.2) is 0 Å². The summed E-state index contributed by atoms with van der Waals surface area (Å²) in [5.41, 5.74) is 2.00. The van der Waals surface area contributed by atoms with E-state index in [-0.39, 0.29) is 0 Å². The zero-order valence-corrected chi connectivity index (χ0v) is 12.5. The minimum Gasteiger partial charge on any atom is -0.394 e. The molecule has 0 saturated carbocycles. The van der Waals surface area contributed by atoms with Crippen molar-refractivity contribution >= 4 is 6.16 Å². The second-order valence-corrected chi connectivity index (χ2v) is 4.77. The number of carbonyl (C=O) groups is 1. The Labute approximate surface area is 125 Å². The van der Waals surface area contributed by atoms with Crippen molar-refractivity contribution in [3.63, 3.8) is 0 Å². The van der Waals surface area contributed by atoms with Crippen LogP contribution in [0.15, 0.2) is 48.5 Å². The van der Waals surface area contributed by atoms with Crippen molar-refractivity contribution in [1.29, 1.82) is 0 Å². The fourth-order valence-electron chi connectivity index (χ4n) is 2.18. The van der Waals surface area contributed by atoms with Gasteiger partial charge < -0.3 is 9.47 Å². The van der Waals surface area contributed by atoms with Crippen LogP contribution in [-0.2, 0) is 12.8 Å². The minimum atomic E-state index is -0.695. The van der Waals surface area contributed by atoms with E-state index in [1.807, 2.05) is 43.3 Å². The van der Waals surface area contributed by atoms with E-state index >= 15 is 0 Å². The number of aryl methyl sites for hydroxylation is 2. The number of para-hydroxylation sites is 2. The number of ether oxygens (including phenoxy) is 2. The Morgan fingerprint density at radius 3 is 1.95 bits per heavy atom. The number of hydrogen-bond donors (Lipinski definition) is 0. The van der Waals surface area contributed by atoms with Crippen molar-refractivity contribution in [2.24, 2.45) is 0 Å². The number of hydrogen-bond acceptors (Lipinski definition) is 3. The van der Waals surface area contributed by atoms with Gasteiger partial charge in [-0.15, -0.1) is 0 Å². The number of rotatable bonds is 5. The monoisotopic (exact) mass is 284 g/mol. The van der Waals surface area contributed by atoms with Gasteiger partial charge in [-0.25, -0.2) is 4.79 Å². The summed E-state index contributed by atoms with van der Waals surface area (Å²) in [6, 6.07) is 15.0. The molecule has 3 nitrogen and oxygen atoms in total. The van der Waals surface area contributed by atoms with Crippen molar-refractivity contribution in [1.82, 2.24) is 0 Å². The summed E-state index contributed by atoms with van der Waals surface area (Å²) in [5.74, 6) is 1.12. The molecule has 0 aliphatic heterocycles. The Morgan fingerprint density at radius 1 is 0.857 bits per heavy atom. The summed E-state index contributed by atoms with van der Waals surface area (Å²) < 4.78 is 10.7. The summed E-state index contributed by atoms with van der Waals surface area (Å²) >= 11 is 0. The van der Waals surface area contributed by atoms with Crippen LogP contribution in [0.3, 0.4) is 0 Å². The lowest BCUT2D eigenvalue weighted by molar-refractivity contribution is 0.151. The van der Waals surface area contributed by atoms with Crippen LogP contribution >= 0.6 is 0 Å². The third-order valence-corrected chi connectivity index (χ3v) is 3.23. The molecule has 0 fully saturated rings. The Bertz CT molecular complexity index is 605. The highest BCUT2D eigenvalue weighted by Gasteiger charge is 2.12. The maximum atomic E-state index is 12.0. The normalized spacial score (nSPS) is 10.2. The molecule has 0 unspecified atom stereocenters. The molecule has 0 aliphatic carbocycles. The molecule has 21 heavy (non-hydrogen) atoms. The van der Waals surface area contributed by atoms with Crippen molar-refractivity contribution in [2.75, 3.05) is 0 Å². The maximum Gasteiger partial charge on any atom is 0.519 e. The lowest BCUT2D eigenvalue weighted by atomic mass is 10.1. The molecule has 3 heteroatoms. The first-order valence-electron chi connectivity index (χ1n) is 7.30. The average Bonchev–Trinajstić information content (AvgIpc) is 2.50. The third-order valence-electron chi connectivity index (χ3n) is 3.23. The van der Waals surface area contributed by atoms with Crippen LogP contribution in [0.1, 0.15) is 31.4 Å². The lowest BCUT2D eigenvalue weighted by Crippen LogP contribution is -2.15. The van der Waals surface area contributed by atoms with Crippen molar-refractivity contribution in [2.45, 2.75) is 33.1 Å². The molecule has 2 rings (SSSR count). The van der Waals surface area contributed by atoms with E-state index in [2.05, 4.69) is 6.92 Å². The summed E-state index contributed by atoms with van der Waals surface area (Å²) in [6.45, 7) is 4.11. The molecule has 0 bridgehead atoms. The third kappa shape index (κ3) is 4.09. The molecule has 0 aromatic heterocycles. The van der Waals surface area contributed by atoms with Gasteiger partial charge >= 0.3 is 6.16 Å². The van der Waals surface area contributed by atoms with Crippen molar-refractivity contribution in [3.8, 4) is 11.5 Å². The van der Waals surface area contributed by atoms with Gasteiger partial charge in [0.1, 0.15) is 11.5 Å². The number of benzene rings is 2. The first-order valence-corrected chi connectivity index (χ1v) is 7.30. The zero-order valence-electron chi connectivity index (χ0n) is 12.5.